The van der Waals surface area contributed by atoms with Gasteiger partial charge in [0.2, 0.25) is 0 Å². The highest BCUT2D eigenvalue weighted by molar-refractivity contribution is 6.11. The van der Waals surface area contributed by atoms with E-state index in [1.165, 1.54) is 66.8 Å². The van der Waals surface area contributed by atoms with Crippen LogP contribution >= 0.6 is 0 Å². The molecule has 2 unspecified atom stereocenters. The van der Waals surface area contributed by atoms with Crippen LogP contribution in [0.1, 0.15) is 42.0 Å². The molecule has 3 heteroatoms. The normalized spacial score (nSPS) is 21.0. The molecule has 45 heavy (non-hydrogen) atoms. The Labute approximate surface area is 263 Å². The third kappa shape index (κ3) is 3.72. The van der Waals surface area contributed by atoms with Crippen LogP contribution in [-0.2, 0) is 5.41 Å². The molecule has 0 radical (unpaired) electrons. The van der Waals surface area contributed by atoms with Gasteiger partial charge in [0.05, 0.1) is 22.8 Å². The first-order valence-electron chi connectivity index (χ1n) is 15.8. The van der Waals surface area contributed by atoms with Gasteiger partial charge in [-0.3, -0.25) is 0 Å². The summed E-state index contributed by atoms with van der Waals surface area (Å²) in [6, 6.07) is 29.3. The van der Waals surface area contributed by atoms with Gasteiger partial charge in [-0.25, -0.2) is 0 Å². The van der Waals surface area contributed by atoms with E-state index in [0.29, 0.717) is 0 Å². The number of nitrogens with one attached hydrogen (secondary N) is 1. The molecule has 3 heterocycles. The first-order valence-corrected chi connectivity index (χ1v) is 15.8. The van der Waals surface area contributed by atoms with Gasteiger partial charge in [-0.1, -0.05) is 98.5 Å². The topological polar surface area (TPSA) is 20.2 Å². The quantitative estimate of drug-likeness (QED) is 0.215. The maximum Gasteiger partial charge on any atom is 0.0933 e. The van der Waals surface area contributed by atoms with Crippen molar-refractivity contribution in [3.63, 3.8) is 0 Å². The van der Waals surface area contributed by atoms with Gasteiger partial charge in [0.15, 0.2) is 0 Å². The second kappa shape index (κ2) is 9.52. The number of nitrogens with zero attached hydrogens (tertiary/aromatic N) is 2. The van der Waals surface area contributed by atoms with Gasteiger partial charge in [0.1, 0.15) is 0 Å². The molecule has 2 aliphatic heterocycles. The van der Waals surface area contributed by atoms with Gasteiger partial charge in [-0.2, -0.15) is 0 Å². The molecular formula is C42H33N3. The van der Waals surface area contributed by atoms with E-state index in [0.717, 1.165) is 5.70 Å². The number of para-hydroxylation sites is 2. The van der Waals surface area contributed by atoms with Crippen molar-refractivity contribution in [2.24, 2.45) is 0 Å². The molecule has 0 amide bonds. The summed E-state index contributed by atoms with van der Waals surface area (Å²) in [6.07, 6.45) is 17.5. The van der Waals surface area contributed by atoms with Gasteiger partial charge >= 0.3 is 0 Å². The molecule has 216 valence electrons. The third-order valence-electron chi connectivity index (χ3n) is 10.2. The Hall–Kier alpha value is -5.46. The lowest BCUT2D eigenvalue weighted by molar-refractivity contribution is 0.658. The highest BCUT2D eigenvalue weighted by Crippen LogP contribution is 2.48. The Morgan fingerprint density at radius 1 is 0.867 bits per heavy atom. The van der Waals surface area contributed by atoms with Crippen LogP contribution in [0, 0.1) is 6.92 Å². The zero-order valence-electron chi connectivity index (χ0n) is 25.7. The zero-order chi connectivity index (χ0) is 30.3. The van der Waals surface area contributed by atoms with Crippen molar-refractivity contribution >= 4 is 39.3 Å². The number of hydrogen-bond donors (Lipinski definition) is 1. The molecule has 4 aliphatic rings. The molecule has 0 spiro atoms. The molecule has 0 saturated carbocycles. The van der Waals surface area contributed by atoms with Crippen molar-refractivity contribution in [1.29, 1.82) is 0 Å². The van der Waals surface area contributed by atoms with E-state index in [4.69, 9.17) is 0 Å². The minimum Gasteiger partial charge on any atom is -0.358 e. The maximum atomic E-state index is 3.73. The molecular weight excluding hydrogens is 546 g/mol. The Balaban J connectivity index is 1.24. The van der Waals surface area contributed by atoms with E-state index in [1.54, 1.807) is 0 Å². The van der Waals surface area contributed by atoms with Crippen LogP contribution in [-0.4, -0.2) is 10.6 Å². The van der Waals surface area contributed by atoms with E-state index in [2.05, 4.69) is 162 Å². The standard InChI is InChI=1S/C42H33N3/c1-27-28(25-40-42(2,3)35-17-9-10-18-36(35)43-40)21-23-33-31-15-7-12-20-38(31)45(41(27)33)30-22-24-39-34(26-30)32-16-8-11-19-37(32)44(39)29-13-5-4-6-14-29/h4-5,7-13,15-26,32,37,43H,1-3H3/b40-25-. The van der Waals surface area contributed by atoms with Crippen molar-refractivity contribution in [3.05, 3.63) is 167 Å². The van der Waals surface area contributed by atoms with Crippen LogP contribution < -0.4 is 10.2 Å². The smallest absolute Gasteiger partial charge is 0.0933 e. The van der Waals surface area contributed by atoms with Gasteiger partial charge in [-0.15, -0.1) is 0 Å². The summed E-state index contributed by atoms with van der Waals surface area (Å²) in [4.78, 5) is 2.41. The van der Waals surface area contributed by atoms with Crippen LogP contribution in [0.2, 0.25) is 0 Å². The molecule has 3 nitrogen and oxygen atoms in total. The number of allylic oxidation sites excluding steroid dienone is 6. The van der Waals surface area contributed by atoms with Crippen molar-refractivity contribution < 1.29 is 0 Å². The fourth-order valence-electron chi connectivity index (χ4n) is 7.85. The minimum absolute atomic E-state index is 0.0942. The van der Waals surface area contributed by atoms with E-state index in [9.17, 15) is 0 Å². The predicted octanol–water partition coefficient (Wildman–Crippen LogP) is 10.00. The average molecular weight is 580 g/mol. The van der Waals surface area contributed by atoms with E-state index in [-0.39, 0.29) is 17.4 Å². The van der Waals surface area contributed by atoms with Crippen molar-refractivity contribution in [1.82, 2.24) is 4.57 Å². The number of aryl methyl sites for hydroxylation is 1. The van der Waals surface area contributed by atoms with Gasteiger partial charge in [0, 0.05) is 44.9 Å². The van der Waals surface area contributed by atoms with Crippen molar-refractivity contribution in [3.8, 4) is 5.69 Å². The molecule has 2 atom stereocenters. The molecule has 2 aliphatic carbocycles. The highest BCUT2D eigenvalue weighted by atomic mass is 15.2. The summed E-state index contributed by atoms with van der Waals surface area (Å²) in [5.74, 6) is 0.269. The Morgan fingerprint density at radius 2 is 1.71 bits per heavy atom. The second-order valence-electron chi connectivity index (χ2n) is 13.0. The second-order valence-corrected chi connectivity index (χ2v) is 13.0. The number of hydrogen-bond acceptors (Lipinski definition) is 2. The van der Waals surface area contributed by atoms with E-state index in [1.807, 2.05) is 12.2 Å². The Morgan fingerprint density at radius 3 is 2.58 bits per heavy atom. The fraction of sp³-hybridized carbons (Fsp3) is 0.143. The van der Waals surface area contributed by atoms with Gasteiger partial charge < -0.3 is 14.8 Å². The van der Waals surface area contributed by atoms with Gasteiger partial charge in [0.25, 0.3) is 0 Å². The van der Waals surface area contributed by atoms with Crippen LogP contribution in [0.3, 0.4) is 0 Å². The predicted molar refractivity (Wildman–Crippen MR) is 188 cm³/mol. The number of anilines is 2. The Kier molecular flexibility index (Phi) is 5.50. The molecule has 5 aromatic rings. The minimum atomic E-state index is -0.0942. The number of aromatic nitrogens is 1. The summed E-state index contributed by atoms with van der Waals surface area (Å²) in [7, 11) is 0. The van der Waals surface area contributed by atoms with Crippen molar-refractivity contribution in [2.75, 3.05) is 10.2 Å². The molecule has 1 aromatic heterocycles. The van der Waals surface area contributed by atoms with Crippen molar-refractivity contribution in [2.45, 2.75) is 38.1 Å². The Bertz CT molecular complexity index is 2320. The van der Waals surface area contributed by atoms with Crippen LogP contribution in [0.5, 0.6) is 0 Å². The first kappa shape index (κ1) is 26.0. The number of fused-ring (bicyclic) bond motifs is 7. The lowest BCUT2D eigenvalue weighted by Gasteiger charge is -2.28. The number of rotatable bonds is 3. The third-order valence-corrected chi connectivity index (χ3v) is 10.2. The highest BCUT2D eigenvalue weighted by Gasteiger charge is 2.38. The first-order chi connectivity index (χ1) is 22.0. The summed E-state index contributed by atoms with van der Waals surface area (Å²) in [5, 5.41) is 6.28. The number of benzene rings is 4. The lowest BCUT2D eigenvalue weighted by atomic mass is 9.83. The molecule has 0 bridgehead atoms. The fourth-order valence-corrected chi connectivity index (χ4v) is 7.85. The molecule has 1 N–H and O–H groups in total. The maximum absolute atomic E-state index is 3.73. The molecule has 0 fully saturated rings. The van der Waals surface area contributed by atoms with Crippen LogP contribution in [0.25, 0.3) is 33.6 Å². The van der Waals surface area contributed by atoms with E-state index < -0.39 is 0 Å². The average Bonchev–Trinajstić information content (AvgIpc) is 3.68. The SMILES string of the molecule is Cc1c(/C=C2\Nc3ccccc3C2(C)C)ccc2c3ccccc3n(-c3ccc4c(c3)C3C=CC=CC3N4C3=C=C=CC=C3)c12. The molecule has 4 aromatic carbocycles. The lowest BCUT2D eigenvalue weighted by Crippen LogP contribution is -2.31. The molecule has 0 saturated heterocycles. The van der Waals surface area contributed by atoms with Crippen LogP contribution in [0.4, 0.5) is 11.4 Å². The van der Waals surface area contributed by atoms with E-state index >= 15 is 0 Å². The monoisotopic (exact) mass is 579 g/mol. The molecule has 9 rings (SSSR count). The van der Waals surface area contributed by atoms with Crippen LogP contribution in [0.15, 0.2) is 144 Å². The zero-order valence-corrected chi connectivity index (χ0v) is 25.7. The summed E-state index contributed by atoms with van der Waals surface area (Å²) in [6.45, 7) is 6.90. The largest absolute Gasteiger partial charge is 0.358 e. The van der Waals surface area contributed by atoms with Gasteiger partial charge in [-0.05, 0) is 83.5 Å². The summed E-state index contributed by atoms with van der Waals surface area (Å²) in [5.41, 5.74) is 20.0. The summed E-state index contributed by atoms with van der Waals surface area (Å²) < 4.78 is 2.48. The summed E-state index contributed by atoms with van der Waals surface area (Å²) >= 11 is 0.